The monoisotopic (exact) mass is 371 g/mol. The van der Waals surface area contributed by atoms with Crippen molar-refractivity contribution in [1.82, 2.24) is 4.98 Å². The molecule has 1 N–H and O–H groups in total. The van der Waals surface area contributed by atoms with Crippen LogP contribution in [0.4, 0.5) is 0 Å². The van der Waals surface area contributed by atoms with Crippen LogP contribution in [-0.4, -0.2) is 46.3 Å². The number of aromatic nitrogens is 1. The van der Waals surface area contributed by atoms with E-state index in [1.807, 2.05) is 0 Å². The molecule has 0 aliphatic rings. The number of ketones is 1. The Kier molecular flexibility index (Phi) is 5.12. The number of ether oxygens (including phenoxy) is 5. The largest absolute Gasteiger partial charge is 0.493 e. The number of hydrogen-bond donors (Lipinski definition) is 1. The Morgan fingerprint density at radius 3 is 1.81 bits per heavy atom. The second-order valence-corrected chi connectivity index (χ2v) is 5.70. The van der Waals surface area contributed by atoms with Crippen LogP contribution in [0.15, 0.2) is 30.5 Å². The van der Waals surface area contributed by atoms with Gasteiger partial charge in [-0.1, -0.05) is 0 Å². The number of fused-ring (bicyclic) bond motifs is 1. The zero-order chi connectivity index (χ0) is 19.6. The number of nitrogens with one attached hydrogen (secondary N) is 1. The van der Waals surface area contributed by atoms with E-state index < -0.39 is 0 Å². The molecular formula is C20H21NO6. The van der Waals surface area contributed by atoms with Crippen LogP contribution in [-0.2, 0) is 0 Å². The molecule has 0 atom stereocenters. The Balaban J connectivity index is 2.13. The maximum atomic E-state index is 13.2. The molecule has 0 saturated carbocycles. The molecule has 0 radical (unpaired) electrons. The lowest BCUT2D eigenvalue weighted by Gasteiger charge is -2.13. The van der Waals surface area contributed by atoms with Crippen LogP contribution in [0.25, 0.3) is 10.9 Å². The van der Waals surface area contributed by atoms with Crippen molar-refractivity contribution >= 4 is 16.7 Å². The lowest BCUT2D eigenvalue weighted by molar-refractivity contribution is 0.103. The highest BCUT2D eigenvalue weighted by Crippen LogP contribution is 2.39. The van der Waals surface area contributed by atoms with Crippen LogP contribution in [0.2, 0.25) is 0 Å². The molecule has 0 aliphatic heterocycles. The number of carbonyl (C=O) groups excluding carboxylic acids is 1. The fourth-order valence-electron chi connectivity index (χ4n) is 3.00. The van der Waals surface area contributed by atoms with Crippen molar-refractivity contribution in [3.8, 4) is 28.7 Å². The van der Waals surface area contributed by atoms with Crippen molar-refractivity contribution < 1.29 is 28.5 Å². The smallest absolute Gasteiger partial charge is 0.203 e. The zero-order valence-electron chi connectivity index (χ0n) is 15.8. The second-order valence-electron chi connectivity index (χ2n) is 5.70. The van der Waals surface area contributed by atoms with E-state index in [1.54, 1.807) is 44.7 Å². The summed E-state index contributed by atoms with van der Waals surface area (Å²) in [5, 5.41) is 0.728. The van der Waals surface area contributed by atoms with Crippen LogP contribution >= 0.6 is 0 Å². The number of aromatic amines is 1. The summed E-state index contributed by atoms with van der Waals surface area (Å²) >= 11 is 0. The number of rotatable bonds is 7. The predicted octanol–water partition coefficient (Wildman–Crippen LogP) is 3.44. The fraction of sp³-hybridized carbons (Fsp3) is 0.250. The van der Waals surface area contributed by atoms with E-state index in [9.17, 15) is 4.79 Å². The summed E-state index contributed by atoms with van der Waals surface area (Å²) < 4.78 is 26.6. The molecule has 1 aromatic heterocycles. The van der Waals surface area contributed by atoms with Crippen molar-refractivity contribution in [1.29, 1.82) is 0 Å². The normalized spacial score (nSPS) is 10.6. The fourth-order valence-corrected chi connectivity index (χ4v) is 3.00. The van der Waals surface area contributed by atoms with E-state index in [0.717, 1.165) is 10.9 Å². The summed E-state index contributed by atoms with van der Waals surface area (Å²) in [7, 11) is 7.65. The van der Waals surface area contributed by atoms with Crippen molar-refractivity contribution in [3.05, 3.63) is 41.6 Å². The van der Waals surface area contributed by atoms with E-state index in [4.69, 9.17) is 23.7 Å². The van der Waals surface area contributed by atoms with E-state index in [-0.39, 0.29) is 5.78 Å². The van der Waals surface area contributed by atoms with Gasteiger partial charge in [-0.05, 0) is 18.2 Å². The lowest BCUT2D eigenvalue weighted by Crippen LogP contribution is -2.04. The third kappa shape index (κ3) is 3.12. The Bertz CT molecular complexity index is 967. The van der Waals surface area contributed by atoms with Crippen molar-refractivity contribution in [2.24, 2.45) is 0 Å². The van der Waals surface area contributed by atoms with Crippen LogP contribution in [0.3, 0.4) is 0 Å². The molecule has 0 amide bonds. The quantitative estimate of drug-likeness (QED) is 0.641. The average molecular weight is 371 g/mol. The number of H-pyrrole nitrogens is 1. The summed E-state index contributed by atoms with van der Waals surface area (Å²) in [5.74, 6) is 2.20. The minimum absolute atomic E-state index is 0.187. The first-order valence-electron chi connectivity index (χ1n) is 8.15. The van der Waals surface area contributed by atoms with Gasteiger partial charge < -0.3 is 28.7 Å². The van der Waals surface area contributed by atoms with E-state index in [2.05, 4.69) is 4.98 Å². The van der Waals surface area contributed by atoms with E-state index in [1.165, 1.54) is 21.3 Å². The number of hydrogen-bond acceptors (Lipinski definition) is 6. The standard InChI is InChI=1S/C20H21NO6/c1-23-15-8-12-13(10-21-14(12)9-16(15)24-2)19(22)11-6-17(25-3)20(27-5)18(7-11)26-4/h6-10,21H,1-5H3. The minimum atomic E-state index is -0.187. The van der Waals surface area contributed by atoms with Gasteiger partial charge in [0.15, 0.2) is 28.8 Å². The molecule has 7 nitrogen and oxygen atoms in total. The van der Waals surface area contributed by atoms with Gasteiger partial charge in [0, 0.05) is 28.8 Å². The van der Waals surface area contributed by atoms with Gasteiger partial charge in [-0.15, -0.1) is 0 Å². The van der Waals surface area contributed by atoms with Gasteiger partial charge in [-0.25, -0.2) is 0 Å². The van der Waals surface area contributed by atoms with Crippen molar-refractivity contribution in [3.63, 3.8) is 0 Å². The van der Waals surface area contributed by atoms with Crippen LogP contribution in [0.1, 0.15) is 15.9 Å². The highest BCUT2D eigenvalue weighted by atomic mass is 16.5. The van der Waals surface area contributed by atoms with E-state index >= 15 is 0 Å². The molecule has 0 unspecified atom stereocenters. The number of benzene rings is 2. The van der Waals surface area contributed by atoms with Gasteiger partial charge in [-0.2, -0.15) is 0 Å². The number of methoxy groups -OCH3 is 5. The molecule has 2 aromatic carbocycles. The Morgan fingerprint density at radius 2 is 1.30 bits per heavy atom. The molecule has 0 spiro atoms. The molecular weight excluding hydrogens is 350 g/mol. The molecule has 0 fully saturated rings. The molecule has 0 saturated heterocycles. The first-order valence-corrected chi connectivity index (χ1v) is 8.15. The summed E-state index contributed by atoms with van der Waals surface area (Å²) in [5.41, 5.74) is 1.68. The summed E-state index contributed by atoms with van der Waals surface area (Å²) in [6.45, 7) is 0. The molecule has 27 heavy (non-hydrogen) atoms. The van der Waals surface area contributed by atoms with Crippen LogP contribution in [0.5, 0.6) is 28.7 Å². The Labute approximate surface area is 156 Å². The van der Waals surface area contributed by atoms with Crippen LogP contribution in [0, 0.1) is 0 Å². The zero-order valence-corrected chi connectivity index (χ0v) is 15.8. The lowest BCUT2D eigenvalue weighted by atomic mass is 10.0. The third-order valence-corrected chi connectivity index (χ3v) is 4.36. The molecule has 3 aromatic rings. The predicted molar refractivity (Wildman–Crippen MR) is 101 cm³/mol. The maximum Gasteiger partial charge on any atom is 0.203 e. The molecule has 7 heteroatoms. The minimum Gasteiger partial charge on any atom is -0.493 e. The third-order valence-electron chi connectivity index (χ3n) is 4.36. The topological polar surface area (TPSA) is 79.0 Å². The number of carbonyl (C=O) groups is 1. The van der Waals surface area contributed by atoms with Crippen molar-refractivity contribution in [2.45, 2.75) is 0 Å². The van der Waals surface area contributed by atoms with Gasteiger partial charge in [-0.3, -0.25) is 4.79 Å². The van der Waals surface area contributed by atoms with Gasteiger partial charge in [0.05, 0.1) is 41.1 Å². The van der Waals surface area contributed by atoms with Crippen LogP contribution < -0.4 is 23.7 Å². The summed E-state index contributed by atoms with van der Waals surface area (Å²) in [6, 6.07) is 6.82. The highest BCUT2D eigenvalue weighted by molar-refractivity contribution is 6.17. The summed E-state index contributed by atoms with van der Waals surface area (Å²) in [6.07, 6.45) is 1.66. The average Bonchev–Trinajstić information content (AvgIpc) is 3.13. The van der Waals surface area contributed by atoms with Crippen molar-refractivity contribution in [2.75, 3.05) is 35.5 Å². The molecule has 0 aliphatic carbocycles. The van der Waals surface area contributed by atoms with Gasteiger partial charge in [0.25, 0.3) is 0 Å². The highest BCUT2D eigenvalue weighted by Gasteiger charge is 2.21. The van der Waals surface area contributed by atoms with Gasteiger partial charge >= 0.3 is 0 Å². The SMILES string of the molecule is COc1cc2[nH]cc(C(=O)c3cc(OC)c(OC)c(OC)c3)c2cc1OC. The van der Waals surface area contributed by atoms with Gasteiger partial charge in [0.1, 0.15) is 0 Å². The van der Waals surface area contributed by atoms with E-state index in [0.29, 0.717) is 39.9 Å². The first-order chi connectivity index (χ1) is 13.1. The molecule has 0 bridgehead atoms. The Hall–Kier alpha value is -3.35. The van der Waals surface area contributed by atoms with Gasteiger partial charge in [0.2, 0.25) is 5.75 Å². The molecule has 1 heterocycles. The summed E-state index contributed by atoms with van der Waals surface area (Å²) in [4.78, 5) is 16.3. The maximum absolute atomic E-state index is 13.2. The second kappa shape index (κ2) is 7.49. The Morgan fingerprint density at radius 1 is 0.741 bits per heavy atom. The first kappa shape index (κ1) is 18.4. The molecule has 3 rings (SSSR count). The molecule has 142 valence electrons.